The van der Waals surface area contributed by atoms with Gasteiger partial charge in [0.25, 0.3) is 0 Å². The zero-order chi connectivity index (χ0) is 35.3. The Morgan fingerprint density at radius 3 is 2.13 bits per heavy atom. The molecule has 11 rings (SSSR count). The molecule has 53 heavy (non-hydrogen) atoms. The van der Waals surface area contributed by atoms with Gasteiger partial charge in [0.1, 0.15) is 0 Å². The molecule has 0 atom stereocenters. The Bertz CT molecular complexity index is 2870. The van der Waals surface area contributed by atoms with E-state index in [4.69, 9.17) is 0 Å². The van der Waals surface area contributed by atoms with Crippen LogP contribution in [0.15, 0.2) is 158 Å². The van der Waals surface area contributed by atoms with Gasteiger partial charge >= 0.3 is 0 Å². The summed E-state index contributed by atoms with van der Waals surface area (Å²) in [6, 6.07) is 65.3. The van der Waals surface area contributed by atoms with Crippen molar-refractivity contribution in [2.75, 3.05) is 4.90 Å². The second-order valence-electron chi connectivity index (χ2n) is 15.1. The number of para-hydroxylation sites is 1. The monoisotopic (exact) mass is 693 g/mol. The number of anilines is 3. The van der Waals surface area contributed by atoms with Crippen LogP contribution in [0, 0.1) is 12.1 Å². The third-order valence-electron chi connectivity index (χ3n) is 11.9. The summed E-state index contributed by atoms with van der Waals surface area (Å²) in [5.41, 5.74) is 15.7. The van der Waals surface area contributed by atoms with Gasteiger partial charge in [-0.25, -0.2) is 0 Å². The second-order valence-corrected chi connectivity index (χ2v) is 16.1. The summed E-state index contributed by atoms with van der Waals surface area (Å²) in [7, 11) is 0. The van der Waals surface area contributed by atoms with Gasteiger partial charge in [0.2, 0.25) is 0 Å². The molecule has 1 aromatic heterocycles. The van der Waals surface area contributed by atoms with E-state index in [0.717, 1.165) is 23.2 Å². The third-order valence-corrected chi connectivity index (χ3v) is 13.1. The topological polar surface area (TPSA) is 3.24 Å². The van der Waals surface area contributed by atoms with Crippen LogP contribution in [0.2, 0.25) is 0 Å². The fourth-order valence-electron chi connectivity index (χ4n) is 9.39. The van der Waals surface area contributed by atoms with E-state index < -0.39 is 0 Å². The predicted octanol–water partition coefficient (Wildman–Crippen LogP) is 13.9. The Balaban J connectivity index is 1.09. The first-order valence-corrected chi connectivity index (χ1v) is 19.3. The molecular weight excluding hydrogens is 659 g/mol. The van der Waals surface area contributed by atoms with Crippen LogP contribution in [0.3, 0.4) is 0 Å². The van der Waals surface area contributed by atoms with E-state index in [-0.39, 0.29) is 5.41 Å². The Kier molecular flexibility index (Phi) is 6.57. The highest BCUT2D eigenvalue weighted by Crippen LogP contribution is 2.56. The first kappa shape index (κ1) is 30.5. The number of benzene rings is 7. The van der Waals surface area contributed by atoms with Crippen LogP contribution in [0.5, 0.6) is 0 Å². The van der Waals surface area contributed by atoms with Crippen LogP contribution in [0.1, 0.15) is 47.6 Å². The van der Waals surface area contributed by atoms with Gasteiger partial charge in [-0.3, -0.25) is 0 Å². The Labute approximate surface area is 314 Å². The summed E-state index contributed by atoms with van der Waals surface area (Å²) < 4.78 is 2.59. The first-order chi connectivity index (χ1) is 26.1. The van der Waals surface area contributed by atoms with E-state index in [2.05, 4.69) is 183 Å². The van der Waals surface area contributed by atoms with Crippen molar-refractivity contribution in [1.82, 2.24) is 0 Å². The molecule has 1 nitrogen and oxygen atoms in total. The largest absolute Gasteiger partial charge is 0.308 e. The summed E-state index contributed by atoms with van der Waals surface area (Å²) in [6.07, 6.45) is 0.976. The normalized spacial score (nSPS) is 13.8. The molecule has 0 fully saturated rings. The third kappa shape index (κ3) is 4.45. The van der Waals surface area contributed by atoms with Crippen molar-refractivity contribution in [3.05, 3.63) is 198 Å². The van der Waals surface area contributed by atoms with Crippen molar-refractivity contribution < 1.29 is 0 Å². The Hall–Kier alpha value is -6.14. The SMILES string of the molecule is CC1(C)c2cc(CC3c4ccccc4-c4ccccc43)ccc2-c2c1cc(N(c1ccccc1)c1cccc3c1sc1ccccc13)c1c#cccc21. The lowest BCUT2D eigenvalue weighted by atomic mass is 9.80. The molecule has 8 aromatic carbocycles. The van der Waals surface area contributed by atoms with E-state index >= 15 is 0 Å². The summed E-state index contributed by atoms with van der Waals surface area (Å²) in [4.78, 5) is 2.46. The zero-order valence-electron chi connectivity index (χ0n) is 29.7. The van der Waals surface area contributed by atoms with Crippen molar-refractivity contribution in [1.29, 1.82) is 0 Å². The molecule has 0 amide bonds. The van der Waals surface area contributed by atoms with Gasteiger partial charge in [-0.2, -0.15) is 0 Å². The number of rotatable bonds is 5. The molecule has 1 heterocycles. The molecule has 0 radical (unpaired) electrons. The van der Waals surface area contributed by atoms with E-state index in [1.54, 1.807) is 0 Å². The molecule has 0 N–H and O–H groups in total. The highest BCUT2D eigenvalue weighted by atomic mass is 32.1. The highest BCUT2D eigenvalue weighted by molar-refractivity contribution is 7.26. The zero-order valence-corrected chi connectivity index (χ0v) is 30.5. The van der Waals surface area contributed by atoms with Crippen molar-refractivity contribution >= 4 is 59.3 Å². The lowest BCUT2D eigenvalue weighted by Gasteiger charge is -2.29. The van der Waals surface area contributed by atoms with E-state index in [1.807, 2.05) is 17.4 Å². The standard InChI is InChI=1S/C51H35NS/c1-51(2)44-30-32(29-43-36-19-8-6-17-34(36)35-18-7-9-20-37(35)43)27-28-42(44)49-40-23-11-10-21-38(40)47(31-45(49)51)52(33-15-4-3-5-16-33)46-25-14-24-41-39-22-12-13-26-48(39)53-50(41)46/h3-9,11-20,22-28,30-31,43H,29H2,1-2H3. The molecule has 0 spiro atoms. The fraction of sp³-hybridized carbons (Fsp3) is 0.0980. The minimum Gasteiger partial charge on any atom is -0.308 e. The minimum absolute atomic E-state index is 0.208. The molecule has 2 aliphatic rings. The maximum Gasteiger partial charge on any atom is 0.0640 e. The van der Waals surface area contributed by atoms with Crippen LogP contribution in [-0.2, 0) is 11.8 Å². The van der Waals surface area contributed by atoms with Gasteiger partial charge in [0.15, 0.2) is 0 Å². The summed E-state index contributed by atoms with van der Waals surface area (Å²) in [6.45, 7) is 4.82. The van der Waals surface area contributed by atoms with Crippen LogP contribution in [-0.4, -0.2) is 0 Å². The molecular formula is C51H35NS. The molecule has 250 valence electrons. The average Bonchev–Trinajstić information content (AvgIpc) is 3.82. The van der Waals surface area contributed by atoms with Gasteiger partial charge in [-0.1, -0.05) is 141 Å². The quantitative estimate of drug-likeness (QED) is 0.173. The first-order valence-electron chi connectivity index (χ1n) is 18.5. The number of nitrogens with zero attached hydrogens (tertiary/aromatic N) is 1. The maximum atomic E-state index is 3.62. The molecule has 0 unspecified atom stereocenters. The van der Waals surface area contributed by atoms with Crippen molar-refractivity contribution in [2.45, 2.75) is 31.6 Å². The number of thiophene rings is 1. The van der Waals surface area contributed by atoms with Crippen LogP contribution < -0.4 is 4.90 Å². The van der Waals surface area contributed by atoms with E-state index in [1.165, 1.54) is 81.3 Å². The van der Waals surface area contributed by atoms with Gasteiger partial charge in [-0.15, -0.1) is 11.3 Å². The van der Waals surface area contributed by atoms with E-state index in [0.29, 0.717) is 5.92 Å². The molecule has 0 aliphatic heterocycles. The molecule has 2 heteroatoms. The van der Waals surface area contributed by atoms with Gasteiger partial charge in [0, 0.05) is 37.9 Å². The lowest BCUT2D eigenvalue weighted by Crippen LogP contribution is -2.17. The summed E-state index contributed by atoms with van der Waals surface area (Å²) >= 11 is 1.87. The van der Waals surface area contributed by atoms with Crippen LogP contribution in [0.4, 0.5) is 17.1 Å². The van der Waals surface area contributed by atoms with Gasteiger partial charge in [-0.05, 0) is 99.0 Å². The Morgan fingerprint density at radius 1 is 0.604 bits per heavy atom. The van der Waals surface area contributed by atoms with E-state index in [9.17, 15) is 0 Å². The predicted molar refractivity (Wildman–Crippen MR) is 224 cm³/mol. The van der Waals surface area contributed by atoms with Gasteiger partial charge in [0.05, 0.1) is 21.5 Å². The lowest BCUT2D eigenvalue weighted by molar-refractivity contribution is 0.659. The molecule has 2 aliphatic carbocycles. The maximum absolute atomic E-state index is 3.62. The molecule has 9 aromatic rings. The van der Waals surface area contributed by atoms with Crippen molar-refractivity contribution in [3.63, 3.8) is 0 Å². The molecule has 0 saturated carbocycles. The highest BCUT2D eigenvalue weighted by Gasteiger charge is 2.39. The van der Waals surface area contributed by atoms with Crippen molar-refractivity contribution in [3.8, 4) is 22.3 Å². The smallest absolute Gasteiger partial charge is 0.0640 e. The number of hydrogen-bond donors (Lipinski definition) is 0. The van der Waals surface area contributed by atoms with Crippen LogP contribution >= 0.6 is 11.3 Å². The fourth-order valence-corrected chi connectivity index (χ4v) is 10.6. The molecule has 0 saturated heterocycles. The molecule has 0 bridgehead atoms. The number of hydrogen-bond acceptors (Lipinski definition) is 2. The Morgan fingerprint density at radius 2 is 1.32 bits per heavy atom. The summed E-state index contributed by atoms with van der Waals surface area (Å²) in [5.74, 6) is 0.348. The second kappa shape index (κ2) is 11.4. The number of fused-ring (bicyclic) bond motifs is 11. The van der Waals surface area contributed by atoms with Crippen molar-refractivity contribution in [2.24, 2.45) is 0 Å². The minimum atomic E-state index is -0.208. The average molecular weight is 694 g/mol. The van der Waals surface area contributed by atoms with Crippen LogP contribution in [0.25, 0.3) is 53.2 Å². The summed E-state index contributed by atoms with van der Waals surface area (Å²) in [5, 5.41) is 4.90. The van der Waals surface area contributed by atoms with Gasteiger partial charge < -0.3 is 4.90 Å².